The third kappa shape index (κ3) is 3.97. The summed E-state index contributed by atoms with van der Waals surface area (Å²) in [6.07, 6.45) is -7.96. The number of benzene rings is 2. The van der Waals surface area contributed by atoms with E-state index in [2.05, 4.69) is 0 Å². The third-order valence-electron chi connectivity index (χ3n) is 4.61. The van der Waals surface area contributed by atoms with Crippen molar-refractivity contribution in [3.05, 3.63) is 41.5 Å². The lowest BCUT2D eigenvalue weighted by molar-refractivity contribution is -0.277. The second-order valence-electron chi connectivity index (χ2n) is 6.68. The zero-order chi connectivity index (χ0) is 22.2. The number of aliphatic hydroxyl groups excluding tert-OH is 4. The first-order chi connectivity index (χ1) is 14.1. The minimum atomic E-state index is -1.75. The third-order valence-corrected chi connectivity index (χ3v) is 4.61. The molecule has 1 aliphatic rings. The molecule has 2 aromatic carbocycles. The van der Waals surface area contributed by atoms with Gasteiger partial charge < -0.3 is 50.3 Å². The first-order valence-electron chi connectivity index (χ1n) is 8.73. The highest BCUT2D eigenvalue weighted by Gasteiger charge is 2.45. The Kier molecular flexibility index (Phi) is 6.01. The highest BCUT2D eigenvalue weighted by Crippen LogP contribution is 2.37. The quantitative estimate of drug-likeness (QED) is 0.272. The summed E-state index contributed by atoms with van der Waals surface area (Å²) in [5, 5.41) is 78.2. The molecule has 1 fully saturated rings. The fourth-order valence-electron chi connectivity index (χ4n) is 3.05. The zero-order valence-electron chi connectivity index (χ0n) is 15.3. The van der Waals surface area contributed by atoms with Gasteiger partial charge >= 0.3 is 0 Å². The van der Waals surface area contributed by atoms with E-state index in [1.165, 1.54) is 0 Å². The van der Waals surface area contributed by atoms with Crippen LogP contribution in [0.15, 0.2) is 30.3 Å². The van der Waals surface area contributed by atoms with Crippen LogP contribution in [0.3, 0.4) is 0 Å². The molecule has 5 atom stereocenters. The molecule has 8 N–H and O–H groups in total. The Bertz CT molecular complexity index is 919. The number of aliphatic hydroxyl groups is 4. The van der Waals surface area contributed by atoms with Crippen LogP contribution in [-0.4, -0.2) is 83.9 Å². The Labute approximate surface area is 169 Å². The van der Waals surface area contributed by atoms with Crippen molar-refractivity contribution < 1.29 is 55.1 Å². The molecule has 0 saturated carbocycles. The second-order valence-corrected chi connectivity index (χ2v) is 6.68. The molecule has 3 rings (SSSR count). The number of ether oxygens (including phenoxy) is 2. The van der Waals surface area contributed by atoms with Crippen LogP contribution in [0.2, 0.25) is 0 Å². The van der Waals surface area contributed by atoms with E-state index in [1.807, 2.05) is 0 Å². The first-order valence-corrected chi connectivity index (χ1v) is 8.73. The minimum Gasteiger partial charge on any atom is -0.508 e. The van der Waals surface area contributed by atoms with E-state index in [4.69, 9.17) is 9.47 Å². The fraction of sp³-hybridized carbons (Fsp3) is 0.316. The van der Waals surface area contributed by atoms with Gasteiger partial charge in [0, 0.05) is 12.1 Å². The maximum atomic E-state index is 12.9. The highest BCUT2D eigenvalue weighted by atomic mass is 16.7. The van der Waals surface area contributed by atoms with Gasteiger partial charge in [-0.25, -0.2) is 0 Å². The van der Waals surface area contributed by atoms with E-state index in [1.54, 1.807) is 0 Å². The lowest BCUT2D eigenvalue weighted by Gasteiger charge is -2.39. The smallest absolute Gasteiger partial charge is 0.229 e. The number of aromatic hydroxyl groups is 4. The molecule has 0 aliphatic carbocycles. The summed E-state index contributed by atoms with van der Waals surface area (Å²) in [5.41, 5.74) is -0.944. The summed E-state index contributed by atoms with van der Waals surface area (Å²) in [6.45, 7) is -0.693. The van der Waals surface area contributed by atoms with E-state index >= 15 is 0 Å². The van der Waals surface area contributed by atoms with Crippen molar-refractivity contribution in [3.8, 4) is 28.7 Å². The van der Waals surface area contributed by atoms with Crippen LogP contribution in [0.1, 0.15) is 15.9 Å². The summed E-state index contributed by atoms with van der Waals surface area (Å²) >= 11 is 0. The van der Waals surface area contributed by atoms with Gasteiger partial charge in [-0.2, -0.15) is 0 Å². The van der Waals surface area contributed by atoms with Crippen molar-refractivity contribution in [3.63, 3.8) is 0 Å². The Morgan fingerprint density at radius 3 is 2.13 bits per heavy atom. The molecule has 5 unspecified atom stereocenters. The van der Waals surface area contributed by atoms with Crippen molar-refractivity contribution in [1.29, 1.82) is 0 Å². The Balaban J connectivity index is 1.98. The van der Waals surface area contributed by atoms with Crippen LogP contribution >= 0.6 is 0 Å². The van der Waals surface area contributed by atoms with Crippen molar-refractivity contribution in [2.24, 2.45) is 0 Å². The predicted molar refractivity (Wildman–Crippen MR) is 97.4 cm³/mol. The normalized spacial score (nSPS) is 26.3. The molecule has 1 aliphatic heterocycles. The molecule has 0 radical (unpaired) electrons. The number of carbonyl (C=O) groups is 1. The van der Waals surface area contributed by atoms with Gasteiger partial charge in [-0.15, -0.1) is 0 Å². The van der Waals surface area contributed by atoms with E-state index < -0.39 is 65.9 Å². The van der Waals surface area contributed by atoms with Crippen molar-refractivity contribution in [2.45, 2.75) is 30.7 Å². The van der Waals surface area contributed by atoms with Crippen molar-refractivity contribution in [1.82, 2.24) is 0 Å². The monoisotopic (exact) mass is 424 g/mol. The molecule has 0 amide bonds. The molecule has 0 aromatic heterocycles. The van der Waals surface area contributed by atoms with Crippen LogP contribution in [0.25, 0.3) is 0 Å². The van der Waals surface area contributed by atoms with Gasteiger partial charge in [0.1, 0.15) is 58.7 Å². The molecular formula is C19H20O11. The molecule has 11 heteroatoms. The van der Waals surface area contributed by atoms with Crippen LogP contribution in [0.4, 0.5) is 0 Å². The van der Waals surface area contributed by atoms with Crippen LogP contribution in [-0.2, 0) is 4.74 Å². The summed E-state index contributed by atoms with van der Waals surface area (Å²) in [5.74, 6) is -3.60. The molecular weight excluding hydrogens is 404 g/mol. The van der Waals surface area contributed by atoms with Gasteiger partial charge in [-0.1, -0.05) is 0 Å². The summed E-state index contributed by atoms with van der Waals surface area (Å²) in [4.78, 5) is 12.9. The largest absolute Gasteiger partial charge is 0.508 e. The van der Waals surface area contributed by atoms with E-state index in [0.29, 0.717) is 0 Å². The maximum Gasteiger partial charge on any atom is 0.229 e. The first kappa shape index (κ1) is 21.6. The molecule has 1 saturated heterocycles. The Morgan fingerprint density at radius 1 is 0.900 bits per heavy atom. The highest BCUT2D eigenvalue weighted by molar-refractivity contribution is 6.14. The van der Waals surface area contributed by atoms with Crippen LogP contribution in [0.5, 0.6) is 28.7 Å². The Hall–Kier alpha value is -3.09. The molecule has 0 bridgehead atoms. The average molecular weight is 424 g/mol. The maximum absolute atomic E-state index is 12.9. The van der Waals surface area contributed by atoms with Gasteiger partial charge in [0.2, 0.25) is 12.1 Å². The number of phenols is 4. The molecule has 1 heterocycles. The lowest BCUT2D eigenvalue weighted by Crippen LogP contribution is -2.60. The fourth-order valence-corrected chi connectivity index (χ4v) is 3.05. The lowest BCUT2D eigenvalue weighted by atomic mass is 9.98. The Morgan fingerprint density at radius 2 is 1.53 bits per heavy atom. The number of carbonyl (C=O) groups excluding carboxylic acids is 1. The molecule has 2 aromatic rings. The number of ketones is 1. The molecule has 11 nitrogen and oxygen atoms in total. The SMILES string of the molecule is O=C(c1cc(O)ccc1OC1OC(CO)C(O)C(O)C1O)c1c(O)cc(O)cc1O. The van der Waals surface area contributed by atoms with E-state index in [-0.39, 0.29) is 17.1 Å². The number of rotatable bonds is 5. The van der Waals surface area contributed by atoms with E-state index in [0.717, 1.165) is 30.3 Å². The number of phenolic OH excluding ortho intramolecular Hbond substituents is 4. The second kappa shape index (κ2) is 8.34. The van der Waals surface area contributed by atoms with Gasteiger partial charge in [0.15, 0.2) is 0 Å². The molecule has 0 spiro atoms. The average Bonchev–Trinajstić information content (AvgIpc) is 2.68. The van der Waals surface area contributed by atoms with Gasteiger partial charge in [-0.3, -0.25) is 4.79 Å². The summed E-state index contributed by atoms with van der Waals surface area (Å²) < 4.78 is 10.7. The predicted octanol–water partition coefficient (Wildman–Crippen LogP) is -1.08. The molecule has 30 heavy (non-hydrogen) atoms. The van der Waals surface area contributed by atoms with Crippen LogP contribution < -0.4 is 4.74 Å². The minimum absolute atomic E-state index is 0.269. The van der Waals surface area contributed by atoms with Crippen molar-refractivity contribution in [2.75, 3.05) is 6.61 Å². The molecule has 162 valence electrons. The number of hydrogen-bond acceptors (Lipinski definition) is 11. The van der Waals surface area contributed by atoms with Gasteiger partial charge in [0.05, 0.1) is 12.2 Å². The topological polar surface area (TPSA) is 197 Å². The van der Waals surface area contributed by atoms with Crippen LogP contribution in [0, 0.1) is 0 Å². The number of hydrogen-bond donors (Lipinski definition) is 8. The van der Waals surface area contributed by atoms with Crippen molar-refractivity contribution >= 4 is 5.78 Å². The standard InChI is InChI=1S/C19H20O11/c20-6-13-16(26)17(27)18(28)19(30-13)29-12-2-1-7(21)3-9(12)15(25)14-10(23)4-8(22)5-11(14)24/h1-5,13,16-24,26-28H,6H2. The summed E-state index contributed by atoms with van der Waals surface area (Å²) in [6, 6.07) is 4.90. The summed E-state index contributed by atoms with van der Waals surface area (Å²) in [7, 11) is 0. The van der Waals surface area contributed by atoms with E-state index in [9.17, 15) is 45.6 Å². The van der Waals surface area contributed by atoms with Gasteiger partial charge in [0.25, 0.3) is 0 Å². The van der Waals surface area contributed by atoms with Gasteiger partial charge in [-0.05, 0) is 18.2 Å². The zero-order valence-corrected chi connectivity index (χ0v) is 15.3.